The average molecular weight is 688 g/mol. The molecule has 232 valence electrons. The number of nitrogens with zero attached hydrogens (tertiary/aromatic N) is 1. The average Bonchev–Trinajstić information content (AvgIpc) is 3.00. The van der Waals surface area contributed by atoms with Gasteiger partial charge in [0.25, 0.3) is 0 Å². The number of allylic oxidation sites excluding steroid dienone is 1. The third-order valence-corrected chi connectivity index (χ3v) is 7.24. The van der Waals surface area contributed by atoms with Gasteiger partial charge in [0.1, 0.15) is 19.0 Å². The lowest BCUT2D eigenvalue weighted by Crippen LogP contribution is -2.45. The Morgan fingerprint density at radius 1 is 1.09 bits per heavy atom. The normalized spacial score (nSPS) is 15.3. The number of hydrogen-bond donors (Lipinski definition) is 4. The maximum Gasteiger partial charge on any atom is 0.337 e. The van der Waals surface area contributed by atoms with E-state index in [2.05, 4.69) is 37.1 Å². The van der Waals surface area contributed by atoms with Gasteiger partial charge in [-0.1, -0.05) is 29.8 Å². The number of aliphatic hydroxyl groups is 1. The largest absolute Gasteiger partial charge is 0.490 e. The Labute approximate surface area is 268 Å². The summed E-state index contributed by atoms with van der Waals surface area (Å²) in [5, 5.41) is 20.5. The number of rotatable bonds is 13. The van der Waals surface area contributed by atoms with E-state index in [0.717, 1.165) is 15.6 Å². The van der Waals surface area contributed by atoms with E-state index in [0.29, 0.717) is 46.7 Å². The Morgan fingerprint density at radius 2 is 1.84 bits per heavy atom. The van der Waals surface area contributed by atoms with Crippen molar-refractivity contribution in [3.63, 3.8) is 0 Å². The zero-order valence-electron chi connectivity index (χ0n) is 24.2. The van der Waals surface area contributed by atoms with E-state index in [1.54, 1.807) is 31.3 Å². The third kappa shape index (κ3) is 8.65. The predicted octanol–water partition coefficient (Wildman–Crippen LogP) is 5.20. The van der Waals surface area contributed by atoms with Crippen LogP contribution in [0, 0.1) is 0 Å². The minimum atomic E-state index is -1.13. The van der Waals surface area contributed by atoms with Crippen molar-refractivity contribution in [1.82, 2.24) is 16.1 Å². The van der Waals surface area contributed by atoms with Gasteiger partial charge in [-0.3, -0.25) is 5.43 Å². The summed E-state index contributed by atoms with van der Waals surface area (Å²) in [7, 11) is 1.28. The molecule has 0 saturated carbocycles. The molecule has 44 heavy (non-hydrogen) atoms. The smallest absolute Gasteiger partial charge is 0.337 e. The number of urea groups is 1. The zero-order chi connectivity index (χ0) is 31.6. The number of hydrogen-bond acceptors (Lipinski definition) is 9. The molecule has 11 nitrogen and oxygen atoms in total. The van der Waals surface area contributed by atoms with Gasteiger partial charge in [0.05, 0.1) is 36.0 Å². The van der Waals surface area contributed by atoms with Gasteiger partial charge in [-0.25, -0.2) is 9.59 Å². The first-order valence-corrected chi connectivity index (χ1v) is 14.7. The van der Waals surface area contributed by atoms with Gasteiger partial charge < -0.3 is 34.7 Å². The van der Waals surface area contributed by atoms with E-state index < -0.39 is 24.3 Å². The van der Waals surface area contributed by atoms with E-state index in [4.69, 9.17) is 30.5 Å². The number of carbonyl (C=O) groups excluding carboxylic acids is 2. The highest BCUT2D eigenvalue weighted by atomic mass is 79.9. The lowest BCUT2D eigenvalue weighted by molar-refractivity contribution is -0.136. The quantitative estimate of drug-likeness (QED) is 0.0833. The van der Waals surface area contributed by atoms with Crippen molar-refractivity contribution in [3.05, 3.63) is 98.1 Å². The van der Waals surface area contributed by atoms with E-state index >= 15 is 0 Å². The summed E-state index contributed by atoms with van der Waals surface area (Å²) in [6.07, 6.45) is 0.421. The van der Waals surface area contributed by atoms with Gasteiger partial charge >= 0.3 is 12.0 Å². The van der Waals surface area contributed by atoms with Crippen LogP contribution in [0.2, 0.25) is 5.02 Å². The molecule has 4 rings (SSSR count). The molecule has 1 heterocycles. The molecule has 0 unspecified atom stereocenters. The van der Waals surface area contributed by atoms with Gasteiger partial charge in [0.15, 0.2) is 17.7 Å². The minimum absolute atomic E-state index is 0.144. The summed E-state index contributed by atoms with van der Waals surface area (Å²) in [5.74, 6) is 0.835. The molecule has 0 aliphatic carbocycles. The van der Waals surface area contributed by atoms with Crippen LogP contribution in [-0.2, 0) is 16.1 Å². The molecular formula is C31H32BrClN4O7. The number of nitrogens with one attached hydrogen (secondary N) is 3. The molecule has 0 spiro atoms. The highest BCUT2D eigenvalue weighted by Gasteiger charge is 2.32. The van der Waals surface area contributed by atoms with Crippen molar-refractivity contribution in [3.8, 4) is 17.2 Å². The molecule has 1 aliphatic rings. The molecule has 2 amide bonds. The molecule has 0 radical (unpaired) electrons. The molecule has 3 aromatic rings. The van der Waals surface area contributed by atoms with Crippen LogP contribution in [0.4, 0.5) is 4.79 Å². The summed E-state index contributed by atoms with van der Waals surface area (Å²) in [5.41, 5.74) is 5.64. The highest BCUT2D eigenvalue weighted by Crippen LogP contribution is 2.35. The minimum Gasteiger partial charge on any atom is -0.490 e. The van der Waals surface area contributed by atoms with Crippen LogP contribution in [0.1, 0.15) is 36.6 Å². The second kappa shape index (κ2) is 15.5. The van der Waals surface area contributed by atoms with Gasteiger partial charge in [0.2, 0.25) is 0 Å². The van der Waals surface area contributed by atoms with Crippen molar-refractivity contribution in [2.75, 3.05) is 20.3 Å². The Hall–Kier alpha value is -4.26. The summed E-state index contributed by atoms with van der Waals surface area (Å²) >= 11 is 9.45. The second-order valence-corrected chi connectivity index (χ2v) is 10.8. The van der Waals surface area contributed by atoms with Crippen LogP contribution in [0.5, 0.6) is 17.2 Å². The fourth-order valence-corrected chi connectivity index (χ4v) is 4.91. The zero-order valence-corrected chi connectivity index (χ0v) is 26.6. The van der Waals surface area contributed by atoms with Crippen molar-refractivity contribution in [1.29, 1.82) is 0 Å². The molecule has 3 aromatic carbocycles. The number of aliphatic hydroxyl groups excluding tert-OH is 1. The fraction of sp³-hybridized carbons (Fsp3) is 0.258. The molecule has 13 heteroatoms. The number of methoxy groups -OCH3 is 1. The maximum atomic E-state index is 12.4. The first kappa shape index (κ1) is 32.6. The summed E-state index contributed by atoms with van der Waals surface area (Å²) in [4.78, 5) is 24.6. The lowest BCUT2D eigenvalue weighted by atomic mass is 9.95. The highest BCUT2D eigenvalue weighted by molar-refractivity contribution is 9.10. The first-order chi connectivity index (χ1) is 21.2. The number of carbonyl (C=O) groups is 2. The van der Waals surface area contributed by atoms with E-state index in [-0.39, 0.29) is 12.2 Å². The Morgan fingerprint density at radius 3 is 2.55 bits per heavy atom. The SMILES string of the molecule is CCOc1cc([C@@H]2NC(=O)NC(C)=C2C(=O)OC)ccc1OC[C@H](O)N/N=C\c1ccc(OCc2ccc(Cl)cc2)c(Br)c1. The number of ether oxygens (including phenoxy) is 4. The van der Waals surface area contributed by atoms with E-state index in [1.807, 2.05) is 49.4 Å². The van der Waals surface area contributed by atoms with Crippen LogP contribution in [0.3, 0.4) is 0 Å². The Kier molecular flexibility index (Phi) is 11.5. The van der Waals surface area contributed by atoms with Crippen LogP contribution in [-0.4, -0.2) is 49.9 Å². The number of halogens is 2. The molecular weight excluding hydrogens is 656 g/mol. The Bertz CT molecular complexity index is 1550. The van der Waals surface area contributed by atoms with Crippen molar-refractivity contribution in [2.45, 2.75) is 32.7 Å². The topological polar surface area (TPSA) is 140 Å². The van der Waals surface area contributed by atoms with Crippen LogP contribution in [0.25, 0.3) is 0 Å². The fourth-order valence-electron chi connectivity index (χ4n) is 4.28. The Balaban J connectivity index is 1.34. The number of amides is 2. The van der Waals surface area contributed by atoms with Gasteiger partial charge in [-0.05, 0) is 88.9 Å². The molecule has 0 bridgehead atoms. The maximum absolute atomic E-state index is 12.4. The van der Waals surface area contributed by atoms with E-state index in [9.17, 15) is 14.7 Å². The number of benzene rings is 3. The van der Waals surface area contributed by atoms with Gasteiger partial charge in [0, 0.05) is 10.7 Å². The summed E-state index contributed by atoms with van der Waals surface area (Å²) < 4.78 is 23.1. The second-order valence-electron chi connectivity index (χ2n) is 9.52. The molecule has 4 N–H and O–H groups in total. The van der Waals surface area contributed by atoms with E-state index in [1.165, 1.54) is 7.11 Å². The third-order valence-electron chi connectivity index (χ3n) is 6.37. The molecule has 0 saturated heterocycles. The monoisotopic (exact) mass is 686 g/mol. The van der Waals surface area contributed by atoms with Crippen LogP contribution in [0.15, 0.2) is 81.5 Å². The summed E-state index contributed by atoms with van der Waals surface area (Å²) in [6.45, 7) is 4.03. The van der Waals surface area contributed by atoms with Crippen LogP contribution >= 0.6 is 27.5 Å². The van der Waals surface area contributed by atoms with Crippen molar-refractivity contribution < 1.29 is 33.6 Å². The molecule has 2 atom stereocenters. The predicted molar refractivity (Wildman–Crippen MR) is 169 cm³/mol. The standard InChI is InChI=1S/C31H32BrClN4O7/c1-4-42-26-14-21(29-28(30(39)41-3)18(2)35-31(40)36-29)8-12-25(26)44-17-27(38)37-34-15-20-7-11-24(23(32)13-20)43-16-19-5-9-22(33)10-6-19/h5-15,27,29,37-38H,4,16-17H2,1-3H3,(H2,35,36,40)/b34-15-/t27-,29-/m0/s1. The van der Waals surface area contributed by atoms with Gasteiger partial charge in [-0.2, -0.15) is 5.10 Å². The first-order valence-electron chi connectivity index (χ1n) is 13.6. The van der Waals surface area contributed by atoms with Crippen molar-refractivity contribution >= 4 is 45.7 Å². The lowest BCUT2D eigenvalue weighted by Gasteiger charge is -2.28. The van der Waals surface area contributed by atoms with Crippen LogP contribution < -0.4 is 30.3 Å². The molecule has 0 fully saturated rings. The number of esters is 1. The van der Waals surface area contributed by atoms with Gasteiger partial charge in [-0.15, -0.1) is 0 Å². The van der Waals surface area contributed by atoms with Crippen molar-refractivity contribution in [2.24, 2.45) is 5.10 Å². The molecule has 1 aliphatic heterocycles. The summed E-state index contributed by atoms with van der Waals surface area (Å²) in [6, 6.07) is 16.7. The molecule has 0 aromatic heterocycles. The number of hydrazone groups is 1.